The number of hydrogen-bond acceptors (Lipinski definition) is 4. The van der Waals surface area contributed by atoms with E-state index in [1.165, 1.54) is 17.6 Å². The van der Waals surface area contributed by atoms with Gasteiger partial charge in [-0.3, -0.25) is 4.90 Å². The lowest BCUT2D eigenvalue weighted by molar-refractivity contribution is 0.169. The number of hydrogen-bond donors (Lipinski definition) is 1. The van der Waals surface area contributed by atoms with Gasteiger partial charge in [0, 0.05) is 23.7 Å². The number of phenolic OH excluding ortho intramolecular Hbond substituents is 1. The summed E-state index contributed by atoms with van der Waals surface area (Å²) in [4.78, 5) is 2.52. The first-order chi connectivity index (χ1) is 16.9. The number of ether oxygens (including phenoxy) is 2. The fourth-order valence-corrected chi connectivity index (χ4v) is 5.27. The Morgan fingerprint density at radius 2 is 1.86 bits per heavy atom. The molecule has 0 radical (unpaired) electrons. The number of benzene rings is 3. The first-order valence-corrected chi connectivity index (χ1v) is 12.6. The average Bonchev–Trinajstić information content (AvgIpc) is 3.29. The van der Waals surface area contributed by atoms with Crippen molar-refractivity contribution < 1.29 is 14.6 Å². The average molecular weight is 470 g/mol. The van der Waals surface area contributed by atoms with Crippen molar-refractivity contribution in [1.29, 1.82) is 0 Å². The lowest BCUT2D eigenvalue weighted by Gasteiger charge is -2.31. The van der Waals surface area contributed by atoms with Crippen LogP contribution in [0.25, 0.3) is 11.1 Å². The van der Waals surface area contributed by atoms with Crippen molar-refractivity contribution in [3.8, 4) is 17.2 Å². The van der Waals surface area contributed by atoms with Gasteiger partial charge in [0.25, 0.3) is 0 Å². The lowest BCUT2D eigenvalue weighted by atomic mass is 9.85. The summed E-state index contributed by atoms with van der Waals surface area (Å²) in [7, 11) is 0. The summed E-state index contributed by atoms with van der Waals surface area (Å²) >= 11 is 0. The van der Waals surface area contributed by atoms with E-state index in [1.54, 1.807) is 6.07 Å². The van der Waals surface area contributed by atoms with E-state index in [0.717, 1.165) is 52.8 Å². The first-order valence-electron chi connectivity index (χ1n) is 12.6. The molecule has 0 saturated carbocycles. The highest BCUT2D eigenvalue weighted by atomic mass is 16.5. The Morgan fingerprint density at radius 1 is 1.06 bits per heavy atom. The summed E-state index contributed by atoms with van der Waals surface area (Å²) in [6, 6.07) is 22.4. The van der Waals surface area contributed by atoms with Crippen molar-refractivity contribution in [2.24, 2.45) is 5.92 Å². The van der Waals surface area contributed by atoms with Crippen LogP contribution in [0.15, 0.2) is 66.7 Å². The maximum atomic E-state index is 10.2. The minimum absolute atomic E-state index is 0.252. The minimum Gasteiger partial charge on any atom is -0.508 e. The van der Waals surface area contributed by atoms with Crippen molar-refractivity contribution in [3.05, 3.63) is 89.0 Å². The molecule has 4 nitrogen and oxygen atoms in total. The van der Waals surface area contributed by atoms with Crippen molar-refractivity contribution >= 4 is 11.1 Å². The molecule has 182 valence electrons. The summed E-state index contributed by atoms with van der Waals surface area (Å²) in [6.45, 7) is 11.8. The summed E-state index contributed by atoms with van der Waals surface area (Å²) < 4.78 is 12.7. The van der Waals surface area contributed by atoms with Gasteiger partial charge in [0.15, 0.2) is 0 Å². The molecule has 3 aromatic rings. The third-order valence-corrected chi connectivity index (χ3v) is 7.36. The molecule has 2 heterocycles. The molecule has 1 fully saturated rings. The number of rotatable bonds is 6. The van der Waals surface area contributed by atoms with Crippen molar-refractivity contribution in [2.75, 3.05) is 19.7 Å². The summed E-state index contributed by atoms with van der Waals surface area (Å²) in [5, 5.41) is 10.2. The monoisotopic (exact) mass is 469 g/mol. The molecule has 2 aliphatic heterocycles. The number of aryl methyl sites for hydroxylation is 1. The molecule has 2 aliphatic rings. The molecule has 1 saturated heterocycles. The molecular formula is C31H35NO3. The summed E-state index contributed by atoms with van der Waals surface area (Å²) in [5.41, 5.74) is 6.56. The van der Waals surface area contributed by atoms with E-state index in [4.69, 9.17) is 9.47 Å². The Morgan fingerprint density at radius 3 is 2.57 bits per heavy atom. The van der Waals surface area contributed by atoms with Crippen LogP contribution in [-0.2, 0) is 0 Å². The Hall–Kier alpha value is -3.24. The van der Waals surface area contributed by atoms with E-state index < -0.39 is 0 Å². The maximum Gasteiger partial charge on any atom is 0.150 e. The standard InChI is InChI=1S/C31H35NO3/c1-20-8-13-29-28(16-20)23(4)30(25-6-5-7-26(33)17-25)31(35-29)24-9-11-27(12-10-24)34-19-22(3)32-15-14-21(2)18-32/h5-13,16-17,21-22,31,33H,14-15,18-19H2,1-4H3/t21-,22+,31?/m1/s1. The van der Waals surface area contributed by atoms with E-state index in [2.05, 4.69) is 62.9 Å². The molecule has 3 aromatic carbocycles. The molecule has 1 unspecified atom stereocenters. The third kappa shape index (κ3) is 4.94. The van der Waals surface area contributed by atoms with Gasteiger partial charge < -0.3 is 14.6 Å². The molecule has 0 amide bonds. The zero-order valence-electron chi connectivity index (χ0n) is 21.1. The van der Waals surface area contributed by atoms with Gasteiger partial charge in [-0.2, -0.15) is 0 Å². The number of nitrogens with zero attached hydrogens (tertiary/aromatic N) is 1. The fourth-order valence-electron chi connectivity index (χ4n) is 5.27. The maximum absolute atomic E-state index is 10.2. The van der Waals surface area contributed by atoms with Crippen LogP contribution in [0, 0.1) is 12.8 Å². The van der Waals surface area contributed by atoms with E-state index in [1.807, 2.05) is 30.3 Å². The van der Waals surface area contributed by atoms with Crippen molar-refractivity contribution in [1.82, 2.24) is 4.90 Å². The molecule has 4 heteroatoms. The summed E-state index contributed by atoms with van der Waals surface area (Å²) in [6.07, 6.45) is 1.00. The Bertz CT molecular complexity index is 1230. The molecule has 0 bridgehead atoms. The fraction of sp³-hybridized carbons (Fsp3) is 0.355. The van der Waals surface area contributed by atoms with Crippen LogP contribution in [0.5, 0.6) is 17.2 Å². The Kier molecular flexibility index (Phi) is 6.57. The van der Waals surface area contributed by atoms with Gasteiger partial charge in [-0.15, -0.1) is 0 Å². The van der Waals surface area contributed by atoms with Gasteiger partial charge in [-0.05, 0) is 92.8 Å². The number of phenols is 1. The molecule has 0 spiro atoms. The predicted molar refractivity (Wildman–Crippen MR) is 142 cm³/mol. The van der Waals surface area contributed by atoms with E-state index in [-0.39, 0.29) is 11.9 Å². The highest BCUT2D eigenvalue weighted by Crippen LogP contribution is 2.47. The second-order valence-electron chi connectivity index (χ2n) is 10.2. The molecular weight excluding hydrogens is 434 g/mol. The summed E-state index contributed by atoms with van der Waals surface area (Å²) in [5.74, 6) is 2.79. The zero-order valence-corrected chi connectivity index (χ0v) is 21.1. The minimum atomic E-state index is -0.272. The smallest absolute Gasteiger partial charge is 0.150 e. The quantitative estimate of drug-likeness (QED) is 0.428. The van der Waals surface area contributed by atoms with E-state index >= 15 is 0 Å². The van der Waals surface area contributed by atoms with Crippen LogP contribution in [0.1, 0.15) is 55.5 Å². The van der Waals surface area contributed by atoms with Crippen LogP contribution in [0.2, 0.25) is 0 Å². The molecule has 0 aromatic heterocycles. The van der Waals surface area contributed by atoms with Gasteiger partial charge in [-0.1, -0.05) is 42.8 Å². The molecule has 3 atom stereocenters. The van der Waals surface area contributed by atoms with Gasteiger partial charge in [0.05, 0.1) is 0 Å². The van der Waals surface area contributed by atoms with Crippen molar-refractivity contribution in [2.45, 2.75) is 46.3 Å². The van der Waals surface area contributed by atoms with Crippen molar-refractivity contribution in [3.63, 3.8) is 0 Å². The highest BCUT2D eigenvalue weighted by Gasteiger charge is 2.29. The van der Waals surface area contributed by atoms with Gasteiger partial charge in [0.1, 0.15) is 30.0 Å². The van der Waals surface area contributed by atoms with E-state index in [9.17, 15) is 5.11 Å². The second-order valence-corrected chi connectivity index (χ2v) is 10.2. The Labute approximate surface area is 208 Å². The third-order valence-electron chi connectivity index (χ3n) is 7.36. The van der Waals surface area contributed by atoms with E-state index in [0.29, 0.717) is 12.6 Å². The van der Waals surface area contributed by atoms with Crippen LogP contribution >= 0.6 is 0 Å². The topological polar surface area (TPSA) is 41.9 Å². The predicted octanol–water partition coefficient (Wildman–Crippen LogP) is 6.87. The molecule has 0 aliphatic carbocycles. The van der Waals surface area contributed by atoms with Gasteiger partial charge in [-0.25, -0.2) is 0 Å². The number of allylic oxidation sites excluding steroid dienone is 1. The van der Waals surface area contributed by atoms with Crippen LogP contribution in [0.3, 0.4) is 0 Å². The largest absolute Gasteiger partial charge is 0.508 e. The van der Waals surface area contributed by atoms with Crippen LogP contribution < -0.4 is 9.47 Å². The number of likely N-dealkylation sites (tertiary alicyclic amines) is 1. The number of aromatic hydroxyl groups is 1. The second kappa shape index (κ2) is 9.79. The normalized spacial score (nSPS) is 20.9. The SMILES string of the molecule is CC1=C(c2cccc(O)c2)C(c2ccc(OC[C@H](C)N3CC[C@@H](C)C3)cc2)Oc2ccc(C)cc21. The number of fused-ring (bicyclic) bond motifs is 1. The van der Waals surface area contributed by atoms with Gasteiger partial charge >= 0.3 is 0 Å². The van der Waals surface area contributed by atoms with Crippen LogP contribution in [-0.4, -0.2) is 35.7 Å². The molecule has 35 heavy (non-hydrogen) atoms. The highest BCUT2D eigenvalue weighted by molar-refractivity contribution is 5.95. The zero-order chi connectivity index (χ0) is 24.5. The molecule has 5 rings (SSSR count). The van der Waals surface area contributed by atoms with Gasteiger partial charge in [0.2, 0.25) is 0 Å². The first kappa shape index (κ1) is 23.5. The molecule has 1 N–H and O–H groups in total. The van der Waals surface area contributed by atoms with Crippen LogP contribution in [0.4, 0.5) is 0 Å². The Balaban J connectivity index is 1.41. The lowest BCUT2D eigenvalue weighted by Crippen LogP contribution is -2.35.